The first kappa shape index (κ1) is 22.1. The van der Waals surface area contributed by atoms with Crippen LogP contribution in [0.5, 0.6) is 0 Å². The van der Waals surface area contributed by atoms with Crippen LogP contribution in [0.4, 0.5) is 0 Å². The predicted molar refractivity (Wildman–Crippen MR) is 122 cm³/mol. The third kappa shape index (κ3) is 7.29. The normalized spacial score (nSPS) is 20.9. The van der Waals surface area contributed by atoms with Crippen LogP contribution >= 0.6 is 11.8 Å². The van der Waals surface area contributed by atoms with Gasteiger partial charge in [0.1, 0.15) is 11.9 Å². The number of quaternary nitrogens is 1. The molecule has 0 aromatic heterocycles. The summed E-state index contributed by atoms with van der Waals surface area (Å²) in [7, 11) is 0. The molecule has 0 saturated carbocycles. The molecule has 0 radical (unpaired) electrons. The van der Waals surface area contributed by atoms with Crippen LogP contribution in [0.3, 0.4) is 0 Å². The number of carbonyl (C=O) groups excluding carboxylic acids is 1. The Balaban J connectivity index is 1.25. The van der Waals surface area contributed by atoms with Crippen molar-refractivity contribution in [2.75, 3.05) is 13.1 Å². The number of aryl methyl sites for hydroxylation is 1. The second-order valence-electron chi connectivity index (χ2n) is 8.17. The van der Waals surface area contributed by atoms with Crippen LogP contribution in [0.25, 0.3) is 0 Å². The molecule has 29 heavy (non-hydrogen) atoms. The molecule has 2 aromatic rings. The highest BCUT2D eigenvalue weighted by molar-refractivity contribution is 7.99. The number of benzene rings is 2. The quantitative estimate of drug-likeness (QED) is 0.227. The Morgan fingerprint density at radius 2 is 1.52 bits per heavy atom. The Labute approximate surface area is 179 Å². The fraction of sp³-hybridized carbons (Fsp3) is 0.480. The largest absolute Gasteiger partial charge is 0.632 e. The molecule has 1 fully saturated rings. The summed E-state index contributed by atoms with van der Waals surface area (Å²) in [6.07, 6.45) is 8.23. The maximum atomic E-state index is 12.9. The number of carbonyl (C=O) groups is 1. The first-order valence-electron chi connectivity index (χ1n) is 10.9. The van der Waals surface area contributed by atoms with Crippen LogP contribution in [0, 0.1) is 5.21 Å². The number of hydrogen-bond acceptors (Lipinski definition) is 3. The highest BCUT2D eigenvalue weighted by atomic mass is 32.2. The molecule has 2 aromatic carbocycles. The SMILES string of the molecule is O=C(CCCCCCCc1ccccc1)C[N+]1([O-])CCC1SCc1ccccc1. The lowest BCUT2D eigenvalue weighted by Gasteiger charge is -2.55. The summed E-state index contributed by atoms with van der Waals surface area (Å²) in [6, 6.07) is 20.9. The van der Waals surface area contributed by atoms with Crippen LogP contribution in [0.15, 0.2) is 60.7 Å². The Bertz CT molecular complexity index is 737. The number of hydroxylamine groups is 3. The van der Waals surface area contributed by atoms with Gasteiger partial charge in [-0.05, 0) is 30.4 Å². The van der Waals surface area contributed by atoms with E-state index in [2.05, 4.69) is 42.5 Å². The van der Waals surface area contributed by atoms with Gasteiger partial charge >= 0.3 is 0 Å². The number of thioether (sulfide) groups is 1. The standard InChI is InChI=1S/C25H33NO2S/c27-24(17-11-3-1-2-6-12-22-13-7-4-8-14-22)20-26(28)19-18-25(26)29-21-23-15-9-5-10-16-23/h4-5,7-10,13-16,25H,1-3,6,11-12,17-21H2. The minimum atomic E-state index is -0.312. The third-order valence-electron chi connectivity index (χ3n) is 5.77. The number of likely N-dealkylation sites (tertiary alicyclic amines) is 1. The summed E-state index contributed by atoms with van der Waals surface area (Å²) in [4.78, 5) is 12.3. The van der Waals surface area contributed by atoms with Crippen LogP contribution < -0.4 is 0 Å². The van der Waals surface area contributed by atoms with E-state index in [1.807, 2.05) is 18.2 Å². The summed E-state index contributed by atoms with van der Waals surface area (Å²) in [5, 5.41) is 13.0. The molecule has 3 nitrogen and oxygen atoms in total. The van der Waals surface area contributed by atoms with Crippen molar-refractivity contribution in [1.29, 1.82) is 0 Å². The van der Waals surface area contributed by atoms with E-state index in [-0.39, 0.29) is 22.3 Å². The average Bonchev–Trinajstić information content (AvgIpc) is 2.74. The number of nitrogens with zero attached hydrogens (tertiary/aromatic N) is 1. The van der Waals surface area contributed by atoms with E-state index < -0.39 is 0 Å². The van der Waals surface area contributed by atoms with Gasteiger partial charge in [-0.25, -0.2) is 0 Å². The second kappa shape index (κ2) is 11.5. The van der Waals surface area contributed by atoms with Crippen LogP contribution in [-0.2, 0) is 17.0 Å². The molecule has 0 aliphatic carbocycles. The third-order valence-corrected chi connectivity index (χ3v) is 7.28. The topological polar surface area (TPSA) is 40.1 Å². The number of hydrogen-bond donors (Lipinski definition) is 0. The zero-order chi connectivity index (χ0) is 20.4. The lowest BCUT2D eigenvalue weighted by molar-refractivity contribution is -0.922. The first-order valence-corrected chi connectivity index (χ1v) is 12.0. The fourth-order valence-electron chi connectivity index (χ4n) is 3.89. The molecule has 0 N–H and O–H groups in total. The lowest BCUT2D eigenvalue weighted by atomic mass is 10.0. The average molecular weight is 412 g/mol. The molecule has 0 amide bonds. The van der Waals surface area contributed by atoms with E-state index in [1.54, 1.807) is 11.8 Å². The van der Waals surface area contributed by atoms with Gasteiger partial charge in [-0.3, -0.25) is 4.79 Å². The Kier molecular flexibility index (Phi) is 8.78. The van der Waals surface area contributed by atoms with Crippen molar-refractivity contribution in [2.24, 2.45) is 0 Å². The van der Waals surface area contributed by atoms with Crippen LogP contribution in [-0.4, -0.2) is 28.9 Å². The summed E-state index contributed by atoms with van der Waals surface area (Å²) in [5.74, 6) is 1.000. The summed E-state index contributed by atoms with van der Waals surface area (Å²) < 4.78 is -0.312. The van der Waals surface area contributed by atoms with E-state index in [9.17, 15) is 10.0 Å². The van der Waals surface area contributed by atoms with Gasteiger partial charge in [0.25, 0.3) is 0 Å². The molecule has 0 bridgehead atoms. The molecule has 1 heterocycles. The molecule has 1 aliphatic rings. The number of ketones is 1. The Morgan fingerprint density at radius 1 is 0.897 bits per heavy atom. The van der Waals surface area contributed by atoms with Crippen molar-refractivity contribution in [2.45, 2.75) is 62.5 Å². The van der Waals surface area contributed by atoms with E-state index in [0.717, 1.165) is 31.4 Å². The Morgan fingerprint density at radius 3 is 2.17 bits per heavy atom. The summed E-state index contributed by atoms with van der Waals surface area (Å²) in [6.45, 7) is 0.762. The van der Waals surface area contributed by atoms with Gasteiger partial charge in [-0.1, -0.05) is 91.7 Å². The molecule has 2 atom stereocenters. The van der Waals surface area contributed by atoms with E-state index >= 15 is 0 Å². The van der Waals surface area contributed by atoms with Gasteiger partial charge in [-0.15, -0.1) is 0 Å². The van der Waals surface area contributed by atoms with Gasteiger partial charge in [0, 0.05) is 12.2 Å². The Hall–Kier alpha value is -1.62. The van der Waals surface area contributed by atoms with Gasteiger partial charge in [-0.2, -0.15) is 0 Å². The van der Waals surface area contributed by atoms with Gasteiger partial charge in [0.05, 0.1) is 13.0 Å². The summed E-state index contributed by atoms with van der Waals surface area (Å²) >= 11 is 1.71. The van der Waals surface area contributed by atoms with Gasteiger partial charge in [0.2, 0.25) is 0 Å². The number of Topliss-reactive ketones (excluding diaryl/α,β-unsaturated/α-hetero) is 1. The predicted octanol–water partition coefficient (Wildman–Crippen LogP) is 6.12. The molecule has 4 heteroatoms. The fourth-order valence-corrected chi connectivity index (χ4v) is 5.19. The zero-order valence-corrected chi connectivity index (χ0v) is 18.1. The van der Waals surface area contributed by atoms with E-state index in [0.29, 0.717) is 13.0 Å². The second-order valence-corrected chi connectivity index (χ2v) is 9.33. The maximum Gasteiger partial charge on any atom is 0.187 e. The molecule has 2 unspecified atom stereocenters. The van der Waals surface area contributed by atoms with Crippen molar-refractivity contribution in [3.8, 4) is 0 Å². The van der Waals surface area contributed by atoms with Gasteiger partial charge in [0.15, 0.2) is 5.78 Å². The minimum Gasteiger partial charge on any atom is -0.632 e. The maximum absolute atomic E-state index is 12.9. The number of unbranched alkanes of at least 4 members (excludes halogenated alkanes) is 4. The van der Waals surface area contributed by atoms with Crippen LogP contribution in [0.2, 0.25) is 0 Å². The smallest absolute Gasteiger partial charge is 0.187 e. The summed E-state index contributed by atoms with van der Waals surface area (Å²) in [5.41, 5.74) is 2.65. The monoisotopic (exact) mass is 411 g/mol. The van der Waals surface area contributed by atoms with Crippen molar-refractivity contribution in [3.63, 3.8) is 0 Å². The van der Waals surface area contributed by atoms with Crippen molar-refractivity contribution < 1.29 is 9.44 Å². The molecular formula is C25H33NO2S. The molecular weight excluding hydrogens is 378 g/mol. The number of rotatable bonds is 13. The highest BCUT2D eigenvalue weighted by Gasteiger charge is 2.40. The highest BCUT2D eigenvalue weighted by Crippen LogP contribution is 2.37. The molecule has 0 spiro atoms. The molecule has 1 aliphatic heterocycles. The van der Waals surface area contributed by atoms with Crippen LogP contribution in [0.1, 0.15) is 56.1 Å². The first-order chi connectivity index (χ1) is 14.2. The molecule has 156 valence electrons. The van der Waals surface area contributed by atoms with Crippen molar-refractivity contribution >= 4 is 17.5 Å². The van der Waals surface area contributed by atoms with Gasteiger partial charge < -0.3 is 9.85 Å². The zero-order valence-electron chi connectivity index (χ0n) is 17.3. The molecule has 1 saturated heterocycles. The van der Waals surface area contributed by atoms with Crippen molar-refractivity contribution in [1.82, 2.24) is 0 Å². The van der Waals surface area contributed by atoms with E-state index in [1.165, 1.54) is 30.4 Å². The van der Waals surface area contributed by atoms with E-state index in [4.69, 9.17) is 0 Å². The minimum absolute atomic E-state index is 0.0251. The van der Waals surface area contributed by atoms with Crippen molar-refractivity contribution in [3.05, 3.63) is 77.0 Å². The lowest BCUT2D eigenvalue weighted by Crippen LogP contribution is -2.61. The molecule has 3 rings (SSSR count).